The summed E-state index contributed by atoms with van der Waals surface area (Å²) in [7, 11) is -3.52. The van der Waals surface area contributed by atoms with Gasteiger partial charge in [-0.3, -0.25) is 13.9 Å². The average molecular weight is 508 g/mol. The van der Waals surface area contributed by atoms with E-state index in [1.54, 1.807) is 30.3 Å². The smallest absolute Gasteiger partial charge is 0.253 e. The molecule has 1 unspecified atom stereocenters. The number of nitrogens with one attached hydrogen (secondary N) is 2. The minimum Gasteiger partial charge on any atom is -0.345 e. The Kier molecular flexibility index (Phi) is 8.88. The molecule has 0 saturated heterocycles. The van der Waals surface area contributed by atoms with Gasteiger partial charge in [-0.15, -0.1) is 0 Å². The van der Waals surface area contributed by atoms with Crippen molar-refractivity contribution in [3.8, 4) is 0 Å². The number of amides is 2. The molecule has 36 heavy (non-hydrogen) atoms. The molecule has 7 nitrogen and oxygen atoms in total. The quantitative estimate of drug-likeness (QED) is 0.405. The van der Waals surface area contributed by atoms with Gasteiger partial charge in [0, 0.05) is 13.0 Å². The zero-order valence-electron chi connectivity index (χ0n) is 21.1. The van der Waals surface area contributed by atoms with Crippen LogP contribution in [0.4, 0.5) is 11.4 Å². The molecule has 1 atom stereocenters. The van der Waals surface area contributed by atoms with Crippen molar-refractivity contribution in [3.05, 3.63) is 95.1 Å². The van der Waals surface area contributed by atoms with E-state index in [2.05, 4.69) is 10.6 Å². The van der Waals surface area contributed by atoms with Gasteiger partial charge >= 0.3 is 0 Å². The second-order valence-electron chi connectivity index (χ2n) is 8.86. The summed E-state index contributed by atoms with van der Waals surface area (Å²) >= 11 is 0. The Morgan fingerprint density at radius 1 is 0.917 bits per heavy atom. The summed E-state index contributed by atoms with van der Waals surface area (Å²) in [6.45, 7) is 5.89. The monoisotopic (exact) mass is 507 g/mol. The molecular formula is C28H33N3O4S. The third-order valence-corrected chi connectivity index (χ3v) is 7.28. The first-order chi connectivity index (χ1) is 17.1. The lowest BCUT2D eigenvalue weighted by Gasteiger charge is -2.25. The van der Waals surface area contributed by atoms with Gasteiger partial charge in [0.2, 0.25) is 15.9 Å². The van der Waals surface area contributed by atoms with Gasteiger partial charge in [-0.05, 0) is 62.1 Å². The zero-order chi connectivity index (χ0) is 26.3. The van der Waals surface area contributed by atoms with Crippen molar-refractivity contribution in [1.29, 1.82) is 0 Å². The third kappa shape index (κ3) is 6.95. The van der Waals surface area contributed by atoms with E-state index in [4.69, 9.17) is 0 Å². The van der Waals surface area contributed by atoms with Crippen molar-refractivity contribution >= 4 is 33.2 Å². The SMILES string of the molecule is Cc1cccc(N(CCCC(=O)Nc2ccccc2C(=O)NC(C)c2ccccc2)S(C)(=O)=O)c1C. The van der Waals surface area contributed by atoms with Crippen LogP contribution in [-0.4, -0.2) is 33.0 Å². The molecule has 0 aromatic heterocycles. The van der Waals surface area contributed by atoms with E-state index in [1.165, 1.54) is 10.6 Å². The van der Waals surface area contributed by atoms with Crippen LogP contribution in [0.15, 0.2) is 72.8 Å². The molecule has 0 saturated carbocycles. The standard InChI is InChI=1S/C28H33N3O4S/c1-20-12-10-17-26(21(20)2)31(36(4,34)35)19-11-18-27(32)30-25-16-9-8-15-24(25)28(33)29-22(3)23-13-6-5-7-14-23/h5-10,12-17,22H,11,18-19H2,1-4H3,(H,29,33)(H,30,32). The molecule has 0 aliphatic carbocycles. The Morgan fingerprint density at radius 3 is 2.28 bits per heavy atom. The zero-order valence-corrected chi connectivity index (χ0v) is 21.9. The van der Waals surface area contributed by atoms with Crippen molar-refractivity contribution in [2.24, 2.45) is 0 Å². The van der Waals surface area contributed by atoms with E-state index < -0.39 is 10.0 Å². The van der Waals surface area contributed by atoms with Crippen LogP contribution in [0.3, 0.4) is 0 Å². The molecule has 190 valence electrons. The summed E-state index contributed by atoms with van der Waals surface area (Å²) in [5.74, 6) is -0.582. The Labute approximate surface area is 213 Å². The summed E-state index contributed by atoms with van der Waals surface area (Å²) < 4.78 is 26.2. The highest BCUT2D eigenvalue weighted by atomic mass is 32.2. The lowest BCUT2D eigenvalue weighted by Crippen LogP contribution is -2.32. The number of hydrogen-bond acceptors (Lipinski definition) is 4. The minimum atomic E-state index is -3.52. The molecule has 0 aliphatic heterocycles. The Balaban J connectivity index is 1.64. The number of hydrogen-bond donors (Lipinski definition) is 2. The van der Waals surface area contributed by atoms with Crippen molar-refractivity contribution in [3.63, 3.8) is 0 Å². The van der Waals surface area contributed by atoms with Crippen molar-refractivity contribution in [2.75, 3.05) is 22.4 Å². The number of para-hydroxylation sites is 1. The van der Waals surface area contributed by atoms with Gasteiger partial charge in [0.25, 0.3) is 5.91 Å². The molecule has 3 rings (SSSR count). The molecule has 3 aromatic carbocycles. The normalized spacial score (nSPS) is 12.0. The highest BCUT2D eigenvalue weighted by molar-refractivity contribution is 7.92. The first kappa shape index (κ1) is 26.9. The van der Waals surface area contributed by atoms with E-state index in [0.717, 1.165) is 16.7 Å². The lowest BCUT2D eigenvalue weighted by atomic mass is 10.1. The number of nitrogens with zero attached hydrogens (tertiary/aromatic N) is 1. The predicted octanol–water partition coefficient (Wildman–Crippen LogP) is 4.98. The van der Waals surface area contributed by atoms with Crippen LogP contribution < -0.4 is 14.9 Å². The molecule has 0 radical (unpaired) electrons. The topological polar surface area (TPSA) is 95.6 Å². The van der Waals surface area contributed by atoms with Crippen LogP contribution in [-0.2, 0) is 14.8 Å². The van der Waals surface area contributed by atoms with Gasteiger partial charge in [-0.25, -0.2) is 8.42 Å². The summed E-state index contributed by atoms with van der Waals surface area (Å²) in [6, 6.07) is 21.8. The third-order valence-electron chi connectivity index (χ3n) is 6.10. The average Bonchev–Trinajstić information content (AvgIpc) is 2.84. The lowest BCUT2D eigenvalue weighted by molar-refractivity contribution is -0.116. The molecule has 0 heterocycles. The largest absolute Gasteiger partial charge is 0.345 e. The molecule has 0 spiro atoms. The van der Waals surface area contributed by atoms with Crippen LogP contribution in [0.25, 0.3) is 0 Å². The Morgan fingerprint density at radius 2 is 1.58 bits per heavy atom. The predicted molar refractivity (Wildman–Crippen MR) is 145 cm³/mol. The van der Waals surface area contributed by atoms with E-state index in [-0.39, 0.29) is 30.8 Å². The summed E-state index contributed by atoms with van der Waals surface area (Å²) in [5.41, 5.74) is 4.25. The first-order valence-electron chi connectivity index (χ1n) is 11.9. The van der Waals surface area contributed by atoms with Crippen LogP contribution in [0.1, 0.15) is 52.9 Å². The number of aryl methyl sites for hydroxylation is 1. The summed E-state index contributed by atoms with van der Waals surface area (Å²) in [4.78, 5) is 25.6. The highest BCUT2D eigenvalue weighted by Gasteiger charge is 2.20. The summed E-state index contributed by atoms with van der Waals surface area (Å²) in [5, 5.41) is 5.77. The number of anilines is 2. The van der Waals surface area contributed by atoms with E-state index >= 15 is 0 Å². The molecule has 8 heteroatoms. The number of rotatable bonds is 10. The number of benzene rings is 3. The fraction of sp³-hybridized carbons (Fsp3) is 0.286. The Bertz CT molecular complexity index is 1320. The van der Waals surface area contributed by atoms with Gasteiger partial charge in [-0.1, -0.05) is 54.6 Å². The van der Waals surface area contributed by atoms with Crippen LogP contribution in [0.2, 0.25) is 0 Å². The number of carbonyl (C=O) groups excluding carboxylic acids is 2. The molecule has 0 bridgehead atoms. The summed E-state index contributed by atoms with van der Waals surface area (Å²) in [6.07, 6.45) is 1.60. The van der Waals surface area contributed by atoms with Gasteiger partial charge in [0.1, 0.15) is 0 Å². The van der Waals surface area contributed by atoms with Gasteiger partial charge in [0.05, 0.1) is 29.2 Å². The maximum atomic E-state index is 12.9. The van der Waals surface area contributed by atoms with E-state index in [1.807, 2.05) is 63.2 Å². The maximum Gasteiger partial charge on any atom is 0.253 e. The maximum absolute atomic E-state index is 12.9. The Hall–Kier alpha value is -3.65. The number of sulfonamides is 1. The van der Waals surface area contributed by atoms with Gasteiger partial charge in [0.15, 0.2) is 0 Å². The van der Waals surface area contributed by atoms with Crippen LogP contribution in [0.5, 0.6) is 0 Å². The molecule has 2 amide bonds. The molecule has 0 fully saturated rings. The van der Waals surface area contributed by atoms with Crippen molar-refractivity contribution in [2.45, 2.75) is 39.7 Å². The van der Waals surface area contributed by atoms with Crippen LogP contribution in [0, 0.1) is 13.8 Å². The second kappa shape index (κ2) is 11.9. The molecule has 3 aromatic rings. The molecule has 2 N–H and O–H groups in total. The number of carbonyl (C=O) groups is 2. The second-order valence-corrected chi connectivity index (χ2v) is 10.8. The molecular weight excluding hydrogens is 474 g/mol. The first-order valence-corrected chi connectivity index (χ1v) is 13.7. The van der Waals surface area contributed by atoms with E-state index in [9.17, 15) is 18.0 Å². The van der Waals surface area contributed by atoms with Crippen molar-refractivity contribution < 1.29 is 18.0 Å². The van der Waals surface area contributed by atoms with Crippen LogP contribution >= 0.6 is 0 Å². The molecule has 0 aliphatic rings. The van der Waals surface area contributed by atoms with E-state index in [0.29, 0.717) is 23.4 Å². The highest BCUT2D eigenvalue weighted by Crippen LogP contribution is 2.25. The fourth-order valence-electron chi connectivity index (χ4n) is 3.96. The van der Waals surface area contributed by atoms with Gasteiger partial charge < -0.3 is 10.6 Å². The van der Waals surface area contributed by atoms with Gasteiger partial charge in [-0.2, -0.15) is 0 Å². The fourth-order valence-corrected chi connectivity index (χ4v) is 4.97. The van der Waals surface area contributed by atoms with Crippen molar-refractivity contribution in [1.82, 2.24) is 5.32 Å². The minimum absolute atomic E-state index is 0.104.